The number of aromatic nitrogens is 1. The number of methoxy groups -OCH3 is 1. The van der Waals surface area contributed by atoms with Crippen LogP contribution in [0.1, 0.15) is 32.9 Å². The van der Waals surface area contributed by atoms with Crippen molar-refractivity contribution in [3.63, 3.8) is 0 Å². The molecule has 0 aliphatic carbocycles. The van der Waals surface area contributed by atoms with Gasteiger partial charge in [0.05, 0.1) is 12.7 Å². The van der Waals surface area contributed by atoms with Crippen LogP contribution in [0.5, 0.6) is 5.75 Å². The standard InChI is InChI=1S/C22H24N2O2/c1-14-12-18(10-11-19(14)26-4)20-15(2)24(16(3)21(20)22(23)25)13-17-8-6-5-7-9-17/h5-12H,13H2,1-4H3,(H2,23,25). The number of primary amides is 1. The van der Waals surface area contributed by atoms with Gasteiger partial charge in [-0.25, -0.2) is 0 Å². The van der Waals surface area contributed by atoms with Crippen LogP contribution < -0.4 is 10.5 Å². The van der Waals surface area contributed by atoms with Crippen molar-refractivity contribution in [2.75, 3.05) is 7.11 Å². The van der Waals surface area contributed by atoms with E-state index in [9.17, 15) is 4.79 Å². The van der Waals surface area contributed by atoms with Gasteiger partial charge in [0.15, 0.2) is 0 Å². The molecule has 0 fully saturated rings. The largest absolute Gasteiger partial charge is 0.496 e. The third-order valence-electron chi connectivity index (χ3n) is 4.90. The number of rotatable bonds is 5. The van der Waals surface area contributed by atoms with E-state index in [1.165, 1.54) is 5.56 Å². The Morgan fingerprint density at radius 1 is 1.04 bits per heavy atom. The van der Waals surface area contributed by atoms with Crippen LogP contribution in [0.4, 0.5) is 0 Å². The monoisotopic (exact) mass is 348 g/mol. The van der Waals surface area contributed by atoms with Gasteiger partial charge in [-0.05, 0) is 49.6 Å². The predicted octanol–water partition coefficient (Wildman–Crippen LogP) is 4.24. The van der Waals surface area contributed by atoms with E-state index >= 15 is 0 Å². The van der Waals surface area contributed by atoms with Crippen LogP contribution in [0.2, 0.25) is 0 Å². The summed E-state index contributed by atoms with van der Waals surface area (Å²) in [5, 5.41) is 0. The molecule has 2 aromatic carbocycles. The van der Waals surface area contributed by atoms with Crippen molar-refractivity contribution in [2.24, 2.45) is 5.73 Å². The van der Waals surface area contributed by atoms with E-state index in [2.05, 4.69) is 16.7 Å². The van der Waals surface area contributed by atoms with Gasteiger partial charge in [-0.15, -0.1) is 0 Å². The first-order chi connectivity index (χ1) is 12.4. The predicted molar refractivity (Wildman–Crippen MR) is 105 cm³/mol. The maximum absolute atomic E-state index is 12.2. The van der Waals surface area contributed by atoms with E-state index in [1.54, 1.807) is 7.11 Å². The molecule has 1 amide bonds. The fourth-order valence-corrected chi connectivity index (χ4v) is 3.58. The highest BCUT2D eigenvalue weighted by molar-refractivity contribution is 6.02. The van der Waals surface area contributed by atoms with E-state index in [0.717, 1.165) is 33.8 Å². The maximum Gasteiger partial charge on any atom is 0.251 e. The molecular formula is C22H24N2O2. The molecule has 0 radical (unpaired) electrons. The SMILES string of the molecule is COc1ccc(-c2c(C(N)=O)c(C)n(Cc3ccccc3)c2C)cc1C. The average molecular weight is 348 g/mol. The molecule has 0 aliphatic heterocycles. The molecule has 0 bridgehead atoms. The molecule has 0 atom stereocenters. The zero-order chi connectivity index (χ0) is 18.8. The molecule has 134 valence electrons. The van der Waals surface area contributed by atoms with Crippen molar-refractivity contribution in [2.45, 2.75) is 27.3 Å². The van der Waals surface area contributed by atoms with Gasteiger partial charge in [0.2, 0.25) is 0 Å². The van der Waals surface area contributed by atoms with Crippen LogP contribution in [-0.4, -0.2) is 17.6 Å². The van der Waals surface area contributed by atoms with E-state index in [-0.39, 0.29) is 0 Å². The van der Waals surface area contributed by atoms with Gasteiger partial charge in [-0.3, -0.25) is 4.79 Å². The average Bonchev–Trinajstić information content (AvgIpc) is 2.87. The third kappa shape index (κ3) is 3.10. The molecule has 4 heteroatoms. The summed E-state index contributed by atoms with van der Waals surface area (Å²) in [6.07, 6.45) is 0. The van der Waals surface area contributed by atoms with Crippen LogP contribution in [0.3, 0.4) is 0 Å². The smallest absolute Gasteiger partial charge is 0.251 e. The molecule has 2 N–H and O–H groups in total. The zero-order valence-corrected chi connectivity index (χ0v) is 15.7. The minimum Gasteiger partial charge on any atom is -0.496 e. The van der Waals surface area contributed by atoms with Gasteiger partial charge in [-0.2, -0.15) is 0 Å². The lowest BCUT2D eigenvalue weighted by molar-refractivity contribution is 0.1000. The molecule has 0 spiro atoms. The molecule has 0 unspecified atom stereocenters. The Kier molecular flexibility index (Phi) is 4.85. The number of ether oxygens (including phenoxy) is 1. The summed E-state index contributed by atoms with van der Waals surface area (Å²) in [5.41, 5.74) is 12.3. The number of amides is 1. The molecule has 26 heavy (non-hydrogen) atoms. The topological polar surface area (TPSA) is 57.2 Å². The van der Waals surface area contributed by atoms with Crippen LogP contribution in [-0.2, 0) is 6.54 Å². The van der Waals surface area contributed by atoms with Crippen molar-refractivity contribution in [3.8, 4) is 16.9 Å². The lowest BCUT2D eigenvalue weighted by Crippen LogP contribution is -2.13. The number of nitrogens with zero attached hydrogens (tertiary/aromatic N) is 1. The number of nitrogens with two attached hydrogens (primary N) is 1. The first-order valence-electron chi connectivity index (χ1n) is 8.62. The molecule has 0 saturated heterocycles. The van der Waals surface area contributed by atoms with E-state index in [4.69, 9.17) is 10.5 Å². The summed E-state index contributed by atoms with van der Waals surface area (Å²) in [6.45, 7) is 6.69. The van der Waals surface area contributed by atoms with Crippen molar-refractivity contribution in [1.29, 1.82) is 0 Å². The third-order valence-corrected chi connectivity index (χ3v) is 4.90. The summed E-state index contributed by atoms with van der Waals surface area (Å²) < 4.78 is 7.51. The molecule has 0 aliphatic rings. The van der Waals surface area contributed by atoms with E-state index in [0.29, 0.717) is 12.1 Å². The summed E-state index contributed by atoms with van der Waals surface area (Å²) in [7, 11) is 1.66. The number of hydrogen-bond acceptors (Lipinski definition) is 2. The van der Waals surface area contributed by atoms with Gasteiger partial charge in [0.1, 0.15) is 5.75 Å². The lowest BCUT2D eigenvalue weighted by Gasteiger charge is -2.11. The second kappa shape index (κ2) is 7.08. The molecular weight excluding hydrogens is 324 g/mol. The zero-order valence-electron chi connectivity index (χ0n) is 15.7. The Morgan fingerprint density at radius 3 is 2.31 bits per heavy atom. The number of benzene rings is 2. The number of carbonyl (C=O) groups is 1. The molecule has 3 rings (SSSR count). The molecule has 4 nitrogen and oxygen atoms in total. The lowest BCUT2D eigenvalue weighted by atomic mass is 9.98. The Hall–Kier alpha value is -3.01. The highest BCUT2D eigenvalue weighted by Crippen LogP contribution is 2.35. The highest BCUT2D eigenvalue weighted by atomic mass is 16.5. The van der Waals surface area contributed by atoms with Gasteiger partial charge in [-0.1, -0.05) is 36.4 Å². The minimum absolute atomic E-state index is 0.402. The Balaban J connectivity index is 2.17. The highest BCUT2D eigenvalue weighted by Gasteiger charge is 2.23. The van der Waals surface area contributed by atoms with Crippen molar-refractivity contribution < 1.29 is 9.53 Å². The molecule has 3 aromatic rings. The Morgan fingerprint density at radius 2 is 1.73 bits per heavy atom. The number of hydrogen-bond donors (Lipinski definition) is 1. The molecule has 0 saturated carbocycles. The summed E-state index contributed by atoms with van der Waals surface area (Å²) in [5.74, 6) is 0.424. The van der Waals surface area contributed by atoms with Crippen molar-refractivity contribution in [1.82, 2.24) is 4.57 Å². The minimum atomic E-state index is -0.402. The molecule has 1 aromatic heterocycles. The second-order valence-electron chi connectivity index (χ2n) is 6.54. The van der Waals surface area contributed by atoms with Gasteiger partial charge < -0.3 is 15.0 Å². The summed E-state index contributed by atoms with van der Waals surface area (Å²) in [4.78, 5) is 12.2. The quantitative estimate of drug-likeness (QED) is 0.750. The Labute approximate surface area is 154 Å². The summed E-state index contributed by atoms with van der Waals surface area (Å²) >= 11 is 0. The maximum atomic E-state index is 12.2. The van der Waals surface area contributed by atoms with Gasteiger partial charge in [0, 0.05) is 23.5 Å². The van der Waals surface area contributed by atoms with Crippen LogP contribution >= 0.6 is 0 Å². The van der Waals surface area contributed by atoms with Crippen LogP contribution in [0.15, 0.2) is 48.5 Å². The van der Waals surface area contributed by atoms with E-state index < -0.39 is 5.91 Å². The number of aryl methyl sites for hydroxylation is 1. The molecule has 1 heterocycles. The van der Waals surface area contributed by atoms with Crippen LogP contribution in [0, 0.1) is 20.8 Å². The second-order valence-corrected chi connectivity index (χ2v) is 6.54. The summed E-state index contributed by atoms with van der Waals surface area (Å²) in [6, 6.07) is 16.2. The van der Waals surface area contributed by atoms with Gasteiger partial charge in [0.25, 0.3) is 5.91 Å². The van der Waals surface area contributed by atoms with E-state index in [1.807, 2.05) is 57.2 Å². The first-order valence-corrected chi connectivity index (χ1v) is 8.62. The van der Waals surface area contributed by atoms with Gasteiger partial charge >= 0.3 is 0 Å². The van der Waals surface area contributed by atoms with Crippen molar-refractivity contribution in [3.05, 3.63) is 76.6 Å². The van der Waals surface area contributed by atoms with Crippen molar-refractivity contribution >= 4 is 5.91 Å². The Bertz CT molecular complexity index is 956. The normalized spacial score (nSPS) is 10.8. The first kappa shape index (κ1) is 17.8. The fourth-order valence-electron chi connectivity index (χ4n) is 3.58. The number of carbonyl (C=O) groups excluding carboxylic acids is 1. The fraction of sp³-hybridized carbons (Fsp3) is 0.227. The van der Waals surface area contributed by atoms with Crippen LogP contribution in [0.25, 0.3) is 11.1 Å².